The summed E-state index contributed by atoms with van der Waals surface area (Å²) >= 11 is 0. The third kappa shape index (κ3) is 3.69. The Kier molecular flexibility index (Phi) is 4.29. The normalized spacial score (nSPS) is 11.7. The zero-order valence-corrected chi connectivity index (χ0v) is 13.4. The summed E-state index contributed by atoms with van der Waals surface area (Å²) in [6.07, 6.45) is 1.65. The fourth-order valence-corrected chi connectivity index (χ4v) is 2.66. The molecule has 0 fully saturated rings. The summed E-state index contributed by atoms with van der Waals surface area (Å²) in [4.78, 5) is 15.4. The van der Waals surface area contributed by atoms with E-state index in [0.29, 0.717) is 6.54 Å². The van der Waals surface area contributed by atoms with E-state index >= 15 is 0 Å². The Labute approximate surface area is 136 Å². The first-order chi connectivity index (χ1) is 11.1. The SMILES string of the molecule is C/C(=C\C(=O)NCc1ccc2[nH]c(C)cc2c1)c1ccccc1. The Balaban J connectivity index is 1.65. The van der Waals surface area contributed by atoms with Crippen LogP contribution in [-0.4, -0.2) is 10.9 Å². The van der Waals surface area contributed by atoms with Gasteiger partial charge in [0.05, 0.1) is 0 Å². The summed E-state index contributed by atoms with van der Waals surface area (Å²) in [7, 11) is 0. The minimum absolute atomic E-state index is 0.0725. The number of benzene rings is 2. The molecule has 1 aromatic heterocycles. The van der Waals surface area contributed by atoms with Crippen LogP contribution >= 0.6 is 0 Å². The molecule has 0 saturated heterocycles. The molecule has 3 heteroatoms. The van der Waals surface area contributed by atoms with Gasteiger partial charge in [-0.15, -0.1) is 0 Å². The van der Waals surface area contributed by atoms with Crippen molar-refractivity contribution in [1.29, 1.82) is 0 Å². The Bertz CT molecular complexity index is 860. The van der Waals surface area contributed by atoms with Crippen LogP contribution in [0.25, 0.3) is 16.5 Å². The number of H-pyrrole nitrogens is 1. The molecule has 1 heterocycles. The molecule has 116 valence electrons. The molecule has 0 radical (unpaired) electrons. The number of hydrogen-bond donors (Lipinski definition) is 2. The lowest BCUT2D eigenvalue weighted by Crippen LogP contribution is -2.20. The fourth-order valence-electron chi connectivity index (χ4n) is 2.66. The number of aryl methyl sites for hydroxylation is 1. The van der Waals surface area contributed by atoms with Crippen LogP contribution in [0.5, 0.6) is 0 Å². The van der Waals surface area contributed by atoms with Gasteiger partial charge in [-0.05, 0) is 54.1 Å². The quantitative estimate of drug-likeness (QED) is 0.697. The maximum atomic E-state index is 12.1. The van der Waals surface area contributed by atoms with Crippen LogP contribution in [0.4, 0.5) is 0 Å². The lowest BCUT2D eigenvalue weighted by atomic mass is 10.1. The second-order valence-corrected chi connectivity index (χ2v) is 5.79. The van der Waals surface area contributed by atoms with Gasteiger partial charge in [-0.2, -0.15) is 0 Å². The van der Waals surface area contributed by atoms with E-state index in [1.54, 1.807) is 6.08 Å². The third-order valence-electron chi connectivity index (χ3n) is 3.86. The molecular weight excluding hydrogens is 284 g/mol. The van der Waals surface area contributed by atoms with Gasteiger partial charge in [-0.3, -0.25) is 4.79 Å². The lowest BCUT2D eigenvalue weighted by molar-refractivity contribution is -0.116. The molecule has 3 aromatic rings. The Morgan fingerprint density at radius 2 is 1.91 bits per heavy atom. The van der Waals surface area contributed by atoms with Crippen molar-refractivity contribution in [1.82, 2.24) is 10.3 Å². The van der Waals surface area contributed by atoms with Gasteiger partial charge in [0.1, 0.15) is 0 Å². The minimum atomic E-state index is -0.0725. The highest BCUT2D eigenvalue weighted by Gasteiger charge is 2.03. The van der Waals surface area contributed by atoms with Crippen molar-refractivity contribution >= 4 is 22.4 Å². The Hall–Kier alpha value is -2.81. The van der Waals surface area contributed by atoms with Crippen molar-refractivity contribution in [3.05, 3.63) is 77.5 Å². The molecule has 2 aromatic carbocycles. The summed E-state index contributed by atoms with van der Waals surface area (Å²) in [5, 5.41) is 4.12. The molecule has 0 aliphatic rings. The van der Waals surface area contributed by atoms with Gasteiger partial charge < -0.3 is 10.3 Å². The molecule has 3 nitrogen and oxygen atoms in total. The number of amides is 1. The predicted octanol–water partition coefficient (Wildman–Crippen LogP) is 4.20. The summed E-state index contributed by atoms with van der Waals surface area (Å²) in [5.74, 6) is -0.0725. The van der Waals surface area contributed by atoms with Crippen LogP contribution < -0.4 is 5.32 Å². The topological polar surface area (TPSA) is 44.9 Å². The maximum absolute atomic E-state index is 12.1. The second-order valence-electron chi connectivity index (χ2n) is 5.79. The van der Waals surface area contributed by atoms with E-state index in [4.69, 9.17) is 0 Å². The monoisotopic (exact) mass is 304 g/mol. The van der Waals surface area contributed by atoms with Crippen LogP contribution in [0.15, 0.2) is 60.7 Å². The molecule has 0 aliphatic heterocycles. The minimum Gasteiger partial charge on any atom is -0.359 e. The standard InChI is InChI=1S/C20H20N2O/c1-14(17-6-4-3-5-7-17)10-20(23)21-13-16-8-9-19-18(12-16)11-15(2)22-19/h3-12,22H,13H2,1-2H3,(H,21,23)/b14-10+. The van der Waals surface area contributed by atoms with E-state index in [1.807, 2.05) is 50.2 Å². The molecule has 0 aliphatic carbocycles. The Morgan fingerprint density at radius 1 is 1.13 bits per heavy atom. The number of rotatable bonds is 4. The van der Waals surface area contributed by atoms with E-state index in [-0.39, 0.29) is 5.91 Å². The zero-order valence-electron chi connectivity index (χ0n) is 13.4. The first-order valence-electron chi connectivity index (χ1n) is 7.71. The van der Waals surface area contributed by atoms with Gasteiger partial charge in [-0.1, -0.05) is 36.4 Å². The van der Waals surface area contributed by atoms with E-state index in [2.05, 4.69) is 28.5 Å². The first kappa shape index (κ1) is 15.1. The summed E-state index contributed by atoms with van der Waals surface area (Å²) in [5.41, 5.74) is 5.38. The van der Waals surface area contributed by atoms with E-state index in [0.717, 1.165) is 27.9 Å². The van der Waals surface area contributed by atoms with Crippen LogP contribution in [0.3, 0.4) is 0 Å². The number of carbonyl (C=O) groups is 1. The van der Waals surface area contributed by atoms with Crippen molar-refractivity contribution in [2.24, 2.45) is 0 Å². The van der Waals surface area contributed by atoms with Gasteiger partial charge in [0.15, 0.2) is 0 Å². The van der Waals surface area contributed by atoms with Gasteiger partial charge >= 0.3 is 0 Å². The van der Waals surface area contributed by atoms with Crippen molar-refractivity contribution in [2.75, 3.05) is 0 Å². The highest BCUT2D eigenvalue weighted by molar-refractivity contribution is 5.94. The molecule has 0 atom stereocenters. The first-order valence-corrected chi connectivity index (χ1v) is 7.71. The summed E-state index contributed by atoms with van der Waals surface area (Å²) in [6.45, 7) is 4.51. The van der Waals surface area contributed by atoms with Crippen LogP contribution in [0.2, 0.25) is 0 Å². The Morgan fingerprint density at radius 3 is 2.70 bits per heavy atom. The number of fused-ring (bicyclic) bond motifs is 1. The van der Waals surface area contributed by atoms with Crippen molar-refractivity contribution < 1.29 is 4.79 Å². The highest BCUT2D eigenvalue weighted by Crippen LogP contribution is 2.17. The molecule has 23 heavy (non-hydrogen) atoms. The zero-order chi connectivity index (χ0) is 16.2. The molecule has 0 bridgehead atoms. The number of aromatic nitrogens is 1. The third-order valence-corrected chi connectivity index (χ3v) is 3.86. The maximum Gasteiger partial charge on any atom is 0.244 e. The molecule has 1 amide bonds. The van der Waals surface area contributed by atoms with Gasteiger partial charge in [0.25, 0.3) is 0 Å². The van der Waals surface area contributed by atoms with Crippen LogP contribution in [0, 0.1) is 6.92 Å². The molecule has 0 unspecified atom stereocenters. The average Bonchev–Trinajstić information content (AvgIpc) is 2.93. The van der Waals surface area contributed by atoms with E-state index < -0.39 is 0 Å². The molecule has 3 rings (SSSR count). The molecule has 0 spiro atoms. The number of allylic oxidation sites excluding steroid dienone is 1. The fraction of sp³-hybridized carbons (Fsp3) is 0.150. The van der Waals surface area contributed by atoms with Gasteiger partial charge in [0.2, 0.25) is 5.91 Å². The largest absolute Gasteiger partial charge is 0.359 e. The van der Waals surface area contributed by atoms with Crippen LogP contribution in [-0.2, 0) is 11.3 Å². The second kappa shape index (κ2) is 6.53. The van der Waals surface area contributed by atoms with Gasteiger partial charge in [0, 0.05) is 23.8 Å². The van der Waals surface area contributed by atoms with Crippen LogP contribution in [0.1, 0.15) is 23.7 Å². The number of carbonyl (C=O) groups excluding carboxylic acids is 1. The summed E-state index contributed by atoms with van der Waals surface area (Å²) < 4.78 is 0. The lowest BCUT2D eigenvalue weighted by Gasteiger charge is -2.05. The smallest absolute Gasteiger partial charge is 0.244 e. The average molecular weight is 304 g/mol. The van der Waals surface area contributed by atoms with Crippen molar-refractivity contribution in [3.63, 3.8) is 0 Å². The highest BCUT2D eigenvalue weighted by atomic mass is 16.1. The van der Waals surface area contributed by atoms with Crippen molar-refractivity contribution in [2.45, 2.75) is 20.4 Å². The van der Waals surface area contributed by atoms with Gasteiger partial charge in [-0.25, -0.2) is 0 Å². The number of nitrogens with one attached hydrogen (secondary N) is 2. The molecule has 2 N–H and O–H groups in total. The number of hydrogen-bond acceptors (Lipinski definition) is 1. The summed E-state index contributed by atoms with van der Waals surface area (Å²) in [6, 6.07) is 18.2. The molecular formula is C20H20N2O. The van der Waals surface area contributed by atoms with E-state index in [1.165, 1.54) is 5.39 Å². The molecule has 0 saturated carbocycles. The predicted molar refractivity (Wildman–Crippen MR) is 95.0 cm³/mol. The van der Waals surface area contributed by atoms with E-state index in [9.17, 15) is 4.79 Å². The van der Waals surface area contributed by atoms with Crippen molar-refractivity contribution in [3.8, 4) is 0 Å². The number of aromatic amines is 1.